The van der Waals surface area contributed by atoms with Crippen molar-refractivity contribution in [2.75, 3.05) is 11.9 Å². The fourth-order valence-electron chi connectivity index (χ4n) is 2.62. The van der Waals surface area contributed by atoms with Gasteiger partial charge in [-0.15, -0.1) is 0 Å². The molecule has 4 heteroatoms. The first-order valence-electron chi connectivity index (χ1n) is 6.81. The fourth-order valence-corrected chi connectivity index (χ4v) is 2.62. The van der Waals surface area contributed by atoms with E-state index in [-0.39, 0.29) is 0 Å². The highest BCUT2D eigenvalue weighted by Crippen LogP contribution is 2.23. The summed E-state index contributed by atoms with van der Waals surface area (Å²) in [7, 11) is 3.94. The highest BCUT2D eigenvalue weighted by molar-refractivity contribution is 5.82. The van der Waals surface area contributed by atoms with Crippen LogP contribution in [0.15, 0.2) is 48.5 Å². The van der Waals surface area contributed by atoms with Crippen LogP contribution >= 0.6 is 0 Å². The second-order valence-corrected chi connectivity index (χ2v) is 5.07. The van der Waals surface area contributed by atoms with Gasteiger partial charge in [-0.1, -0.05) is 30.3 Å². The Morgan fingerprint density at radius 1 is 1.14 bits per heavy atom. The molecule has 0 radical (unpaired) electrons. The van der Waals surface area contributed by atoms with E-state index in [1.54, 1.807) is 0 Å². The Hall–Kier alpha value is -2.80. The van der Waals surface area contributed by atoms with Gasteiger partial charge in [0, 0.05) is 19.5 Å². The number of hydrogen-bond acceptors (Lipinski definition) is 3. The molecule has 0 atom stereocenters. The molecule has 0 saturated heterocycles. The molecule has 3 rings (SSSR count). The van der Waals surface area contributed by atoms with Gasteiger partial charge in [-0.05, 0) is 18.2 Å². The van der Waals surface area contributed by atoms with E-state index in [2.05, 4.69) is 28.2 Å². The van der Waals surface area contributed by atoms with E-state index < -0.39 is 0 Å². The maximum Gasteiger partial charge on any atom is 0.101 e. The molecular formula is C17H16N4. The van der Waals surface area contributed by atoms with Gasteiger partial charge in [-0.25, -0.2) is 0 Å². The van der Waals surface area contributed by atoms with Gasteiger partial charge < -0.3 is 4.90 Å². The average Bonchev–Trinajstić information content (AvgIpc) is 2.84. The van der Waals surface area contributed by atoms with Gasteiger partial charge in [0.25, 0.3) is 0 Å². The van der Waals surface area contributed by atoms with Crippen molar-refractivity contribution >= 4 is 16.6 Å². The highest BCUT2D eigenvalue weighted by atomic mass is 15.3. The number of para-hydroxylation sites is 2. The lowest BCUT2D eigenvalue weighted by atomic mass is 10.1. The summed E-state index contributed by atoms with van der Waals surface area (Å²) in [4.78, 5) is 2.06. The minimum Gasteiger partial charge on any atom is -0.368 e. The zero-order valence-corrected chi connectivity index (χ0v) is 12.1. The minimum atomic E-state index is 0.667. The molecule has 1 heterocycles. The third kappa shape index (κ3) is 2.34. The number of anilines is 1. The van der Waals surface area contributed by atoms with E-state index in [1.165, 1.54) is 0 Å². The zero-order valence-electron chi connectivity index (χ0n) is 12.1. The summed E-state index contributed by atoms with van der Waals surface area (Å²) in [5.74, 6) is 0. The molecule has 3 aromatic rings. The second kappa shape index (κ2) is 5.29. The van der Waals surface area contributed by atoms with Crippen LogP contribution in [0, 0.1) is 11.3 Å². The molecule has 0 saturated carbocycles. The maximum absolute atomic E-state index is 9.21. The molecule has 0 unspecified atom stereocenters. The SMILES string of the molecule is CN(Cc1nn(C)c2ccccc12)c1ccccc1C#N. The normalized spacial score (nSPS) is 10.5. The lowest BCUT2D eigenvalue weighted by molar-refractivity contribution is 0.754. The van der Waals surface area contributed by atoms with Gasteiger partial charge in [0.1, 0.15) is 6.07 Å². The maximum atomic E-state index is 9.21. The van der Waals surface area contributed by atoms with Gasteiger partial charge in [0.2, 0.25) is 0 Å². The zero-order chi connectivity index (χ0) is 14.8. The first-order valence-corrected chi connectivity index (χ1v) is 6.81. The molecule has 2 aromatic carbocycles. The number of aromatic nitrogens is 2. The van der Waals surface area contributed by atoms with Crippen molar-refractivity contribution in [3.63, 3.8) is 0 Å². The number of nitrogens with zero attached hydrogens (tertiary/aromatic N) is 4. The molecule has 0 fully saturated rings. The summed E-state index contributed by atoms with van der Waals surface area (Å²) in [5.41, 5.74) is 3.74. The van der Waals surface area contributed by atoms with Crippen LogP contribution in [-0.2, 0) is 13.6 Å². The number of hydrogen-bond donors (Lipinski definition) is 0. The van der Waals surface area contributed by atoms with Crippen LogP contribution in [-0.4, -0.2) is 16.8 Å². The van der Waals surface area contributed by atoms with Gasteiger partial charge in [0.15, 0.2) is 0 Å². The van der Waals surface area contributed by atoms with Crippen LogP contribution < -0.4 is 4.90 Å². The molecule has 0 amide bonds. The van der Waals surface area contributed by atoms with Gasteiger partial charge in [0.05, 0.1) is 29.0 Å². The van der Waals surface area contributed by atoms with Crippen LogP contribution in [0.1, 0.15) is 11.3 Å². The summed E-state index contributed by atoms with van der Waals surface area (Å²) < 4.78 is 1.90. The van der Waals surface area contributed by atoms with Crippen LogP contribution in [0.5, 0.6) is 0 Å². The van der Waals surface area contributed by atoms with E-state index >= 15 is 0 Å². The van der Waals surface area contributed by atoms with Crippen molar-refractivity contribution in [2.45, 2.75) is 6.54 Å². The Morgan fingerprint density at radius 2 is 1.86 bits per heavy atom. The number of rotatable bonds is 3. The summed E-state index contributed by atoms with van der Waals surface area (Å²) >= 11 is 0. The second-order valence-electron chi connectivity index (χ2n) is 5.07. The minimum absolute atomic E-state index is 0.667. The van der Waals surface area contributed by atoms with Gasteiger partial charge in [-0.3, -0.25) is 4.68 Å². The van der Waals surface area contributed by atoms with Crippen molar-refractivity contribution in [3.05, 3.63) is 59.8 Å². The standard InChI is InChI=1S/C17H16N4/c1-20(16-9-5-3-7-13(16)11-18)12-15-14-8-4-6-10-17(14)21(2)19-15/h3-10H,12H2,1-2H3. The largest absolute Gasteiger partial charge is 0.368 e. The van der Waals surface area contributed by atoms with E-state index in [0.717, 1.165) is 22.3 Å². The van der Waals surface area contributed by atoms with Crippen LogP contribution in [0.25, 0.3) is 10.9 Å². The molecule has 0 N–H and O–H groups in total. The van der Waals surface area contributed by atoms with Crippen molar-refractivity contribution < 1.29 is 0 Å². The van der Waals surface area contributed by atoms with E-state index in [0.29, 0.717) is 12.1 Å². The molecule has 0 bridgehead atoms. The summed E-state index contributed by atoms with van der Waals surface area (Å²) in [5, 5.41) is 15.0. The van der Waals surface area contributed by atoms with Crippen LogP contribution in [0.2, 0.25) is 0 Å². The highest BCUT2D eigenvalue weighted by Gasteiger charge is 2.12. The van der Waals surface area contributed by atoms with Crippen molar-refractivity contribution in [3.8, 4) is 6.07 Å². The quantitative estimate of drug-likeness (QED) is 0.738. The predicted octanol–water partition coefficient (Wildman–Crippen LogP) is 3.08. The Kier molecular flexibility index (Phi) is 3.33. The number of fused-ring (bicyclic) bond motifs is 1. The average molecular weight is 276 g/mol. The van der Waals surface area contributed by atoms with Crippen molar-refractivity contribution in [1.29, 1.82) is 5.26 Å². The Balaban J connectivity index is 1.97. The van der Waals surface area contributed by atoms with Crippen LogP contribution in [0.4, 0.5) is 5.69 Å². The smallest absolute Gasteiger partial charge is 0.101 e. The molecule has 0 aliphatic heterocycles. The molecule has 0 aliphatic carbocycles. The first kappa shape index (κ1) is 13.2. The van der Waals surface area contributed by atoms with Crippen molar-refractivity contribution in [1.82, 2.24) is 9.78 Å². The first-order chi connectivity index (χ1) is 10.2. The molecule has 4 nitrogen and oxygen atoms in total. The van der Waals surface area contributed by atoms with E-state index in [9.17, 15) is 5.26 Å². The molecule has 104 valence electrons. The molecular weight excluding hydrogens is 260 g/mol. The number of nitriles is 1. The summed E-state index contributed by atoms with van der Waals surface area (Å²) in [6.07, 6.45) is 0. The van der Waals surface area contributed by atoms with E-state index in [1.807, 2.05) is 55.2 Å². The van der Waals surface area contributed by atoms with Crippen molar-refractivity contribution in [2.24, 2.45) is 7.05 Å². The third-order valence-corrected chi connectivity index (χ3v) is 3.66. The lowest BCUT2D eigenvalue weighted by Gasteiger charge is -2.19. The van der Waals surface area contributed by atoms with E-state index in [4.69, 9.17) is 0 Å². The summed E-state index contributed by atoms with van der Waals surface area (Å²) in [6, 6.07) is 18.1. The number of aryl methyl sites for hydroxylation is 1. The van der Waals surface area contributed by atoms with Crippen LogP contribution in [0.3, 0.4) is 0 Å². The molecule has 1 aromatic heterocycles. The number of benzene rings is 2. The molecule has 21 heavy (non-hydrogen) atoms. The lowest BCUT2D eigenvalue weighted by Crippen LogP contribution is -2.18. The Labute approximate surface area is 123 Å². The topological polar surface area (TPSA) is 44.9 Å². The van der Waals surface area contributed by atoms with Gasteiger partial charge in [-0.2, -0.15) is 10.4 Å². The molecule has 0 aliphatic rings. The summed E-state index contributed by atoms with van der Waals surface area (Å²) in [6.45, 7) is 0.667. The van der Waals surface area contributed by atoms with Gasteiger partial charge >= 0.3 is 0 Å². The monoisotopic (exact) mass is 276 g/mol. The Morgan fingerprint density at radius 3 is 2.67 bits per heavy atom. The Bertz CT molecular complexity index is 826. The fraction of sp³-hybridized carbons (Fsp3) is 0.176. The predicted molar refractivity (Wildman–Crippen MR) is 84.0 cm³/mol. The molecule has 0 spiro atoms. The third-order valence-electron chi connectivity index (χ3n) is 3.66.